The van der Waals surface area contributed by atoms with Gasteiger partial charge in [-0.25, -0.2) is 0 Å². The number of pyridine rings is 1. The van der Waals surface area contributed by atoms with Gasteiger partial charge in [-0.15, -0.1) is 10.2 Å². The third kappa shape index (κ3) is 1.32. The molecule has 0 aliphatic heterocycles. The van der Waals surface area contributed by atoms with E-state index in [1.54, 1.807) is 6.20 Å². The van der Waals surface area contributed by atoms with Crippen molar-refractivity contribution >= 4 is 22.1 Å². The Hall–Kier alpha value is -2.96. The molecule has 0 unspecified atom stereocenters. The van der Waals surface area contributed by atoms with Crippen molar-refractivity contribution in [3.63, 3.8) is 0 Å². The molecular formula is C12H7N5O2. The van der Waals surface area contributed by atoms with Gasteiger partial charge in [-0.05, 0) is 17.3 Å². The van der Waals surface area contributed by atoms with Crippen LogP contribution in [0.15, 0.2) is 39.7 Å². The maximum absolute atomic E-state index is 12.4. The lowest BCUT2D eigenvalue weighted by Crippen LogP contribution is -2.06. The van der Waals surface area contributed by atoms with Gasteiger partial charge in [0.2, 0.25) is 11.3 Å². The second-order valence-electron chi connectivity index (χ2n) is 4.07. The van der Waals surface area contributed by atoms with E-state index < -0.39 is 0 Å². The summed E-state index contributed by atoms with van der Waals surface area (Å²) in [6, 6.07) is 7.46. The molecule has 0 saturated heterocycles. The number of furan rings is 1. The Labute approximate surface area is 105 Å². The summed E-state index contributed by atoms with van der Waals surface area (Å²) in [6.45, 7) is 0. The first-order valence-electron chi connectivity index (χ1n) is 5.61. The molecule has 0 radical (unpaired) electrons. The molecule has 1 aromatic carbocycles. The van der Waals surface area contributed by atoms with Crippen LogP contribution < -0.4 is 5.43 Å². The van der Waals surface area contributed by atoms with E-state index in [1.807, 2.05) is 24.3 Å². The van der Waals surface area contributed by atoms with Crippen LogP contribution >= 0.6 is 0 Å². The van der Waals surface area contributed by atoms with E-state index in [0.717, 1.165) is 5.39 Å². The largest absolute Gasteiger partial charge is 0.450 e. The molecule has 0 bridgehead atoms. The molecule has 3 heterocycles. The van der Waals surface area contributed by atoms with Gasteiger partial charge in [0.1, 0.15) is 5.58 Å². The predicted molar refractivity (Wildman–Crippen MR) is 67.5 cm³/mol. The third-order valence-corrected chi connectivity index (χ3v) is 2.99. The molecular weight excluding hydrogens is 246 g/mol. The minimum absolute atomic E-state index is 0.239. The van der Waals surface area contributed by atoms with E-state index in [-0.39, 0.29) is 16.8 Å². The zero-order chi connectivity index (χ0) is 12.8. The van der Waals surface area contributed by atoms with Crippen LogP contribution in [0.2, 0.25) is 0 Å². The monoisotopic (exact) mass is 253 g/mol. The molecule has 19 heavy (non-hydrogen) atoms. The molecule has 2 N–H and O–H groups in total. The lowest BCUT2D eigenvalue weighted by Gasteiger charge is -1.93. The highest BCUT2D eigenvalue weighted by Gasteiger charge is 2.15. The molecule has 0 amide bonds. The Balaban J connectivity index is 2.14. The van der Waals surface area contributed by atoms with Crippen molar-refractivity contribution in [1.29, 1.82) is 0 Å². The van der Waals surface area contributed by atoms with E-state index in [9.17, 15) is 4.79 Å². The summed E-state index contributed by atoms with van der Waals surface area (Å²) in [5, 5.41) is 14.2. The highest BCUT2D eigenvalue weighted by Crippen LogP contribution is 2.25. The first kappa shape index (κ1) is 10.0. The normalized spacial score (nSPS) is 11.4. The van der Waals surface area contributed by atoms with Crippen LogP contribution in [0.1, 0.15) is 0 Å². The molecule has 0 fully saturated rings. The SMILES string of the molecule is O=c1c(-c2nn[nH]n2)c[nH]c2c1oc1ccccc12. The van der Waals surface area contributed by atoms with Crippen LogP contribution in [0, 0.1) is 0 Å². The Morgan fingerprint density at radius 2 is 2.11 bits per heavy atom. The Morgan fingerprint density at radius 1 is 1.21 bits per heavy atom. The number of H-pyrrole nitrogens is 2. The summed E-state index contributed by atoms with van der Waals surface area (Å²) >= 11 is 0. The number of aromatic amines is 2. The van der Waals surface area contributed by atoms with Crippen molar-refractivity contribution in [3.05, 3.63) is 40.7 Å². The molecule has 0 saturated carbocycles. The fraction of sp³-hybridized carbons (Fsp3) is 0. The maximum atomic E-state index is 12.4. The summed E-state index contributed by atoms with van der Waals surface area (Å²) in [7, 11) is 0. The van der Waals surface area contributed by atoms with Gasteiger partial charge < -0.3 is 9.40 Å². The van der Waals surface area contributed by atoms with E-state index in [0.29, 0.717) is 16.7 Å². The molecule has 92 valence electrons. The number of aromatic nitrogens is 5. The number of rotatable bonds is 1. The quantitative estimate of drug-likeness (QED) is 0.534. The van der Waals surface area contributed by atoms with E-state index in [4.69, 9.17) is 4.42 Å². The molecule has 0 aliphatic carbocycles. The highest BCUT2D eigenvalue weighted by atomic mass is 16.3. The standard InChI is InChI=1S/C12H7N5O2/c18-10-7(12-14-16-17-15-12)5-13-9-6-3-1-2-4-8(6)19-11(9)10/h1-5H,(H,13,18)(H,14,15,16,17). The van der Waals surface area contributed by atoms with Gasteiger partial charge in [0.15, 0.2) is 5.58 Å². The van der Waals surface area contributed by atoms with Crippen molar-refractivity contribution in [1.82, 2.24) is 25.6 Å². The molecule has 0 spiro atoms. The maximum Gasteiger partial charge on any atom is 0.235 e. The number of tetrazole rings is 1. The van der Waals surface area contributed by atoms with Gasteiger partial charge >= 0.3 is 0 Å². The van der Waals surface area contributed by atoms with Crippen LogP contribution in [-0.2, 0) is 0 Å². The number of para-hydroxylation sites is 1. The summed E-state index contributed by atoms with van der Waals surface area (Å²) in [4.78, 5) is 15.4. The van der Waals surface area contributed by atoms with Gasteiger partial charge in [-0.2, -0.15) is 5.21 Å². The smallest absolute Gasteiger partial charge is 0.235 e. The number of nitrogens with one attached hydrogen (secondary N) is 2. The van der Waals surface area contributed by atoms with Gasteiger partial charge in [-0.3, -0.25) is 4.79 Å². The zero-order valence-corrected chi connectivity index (χ0v) is 9.54. The van der Waals surface area contributed by atoms with Crippen LogP contribution in [-0.4, -0.2) is 25.6 Å². The first-order chi connectivity index (χ1) is 9.34. The molecule has 7 nitrogen and oxygen atoms in total. The average Bonchev–Trinajstić information content (AvgIpc) is 3.06. The summed E-state index contributed by atoms with van der Waals surface area (Å²) in [5.41, 5.74) is 1.67. The second kappa shape index (κ2) is 3.52. The summed E-state index contributed by atoms with van der Waals surface area (Å²) in [6.07, 6.45) is 1.57. The van der Waals surface area contributed by atoms with Crippen LogP contribution in [0.5, 0.6) is 0 Å². The Bertz CT molecular complexity index is 936. The van der Waals surface area contributed by atoms with Crippen LogP contribution in [0.4, 0.5) is 0 Å². The lowest BCUT2D eigenvalue weighted by atomic mass is 10.2. The topological polar surface area (TPSA) is 100 Å². The van der Waals surface area contributed by atoms with Crippen molar-refractivity contribution in [3.8, 4) is 11.4 Å². The Morgan fingerprint density at radius 3 is 2.95 bits per heavy atom. The molecule has 4 rings (SSSR count). The van der Waals surface area contributed by atoms with Crippen molar-refractivity contribution in [2.45, 2.75) is 0 Å². The predicted octanol–water partition coefficient (Wildman–Crippen LogP) is 1.45. The Kier molecular flexibility index (Phi) is 1.85. The first-order valence-corrected chi connectivity index (χ1v) is 5.61. The number of benzene rings is 1. The van der Waals surface area contributed by atoms with Crippen molar-refractivity contribution in [2.24, 2.45) is 0 Å². The second-order valence-corrected chi connectivity index (χ2v) is 4.07. The van der Waals surface area contributed by atoms with E-state index >= 15 is 0 Å². The van der Waals surface area contributed by atoms with Gasteiger partial charge in [0.25, 0.3) is 0 Å². The van der Waals surface area contributed by atoms with Gasteiger partial charge in [0.05, 0.1) is 11.1 Å². The highest BCUT2D eigenvalue weighted by molar-refractivity contribution is 6.02. The van der Waals surface area contributed by atoms with Crippen LogP contribution in [0.3, 0.4) is 0 Å². The molecule has 4 aromatic rings. The van der Waals surface area contributed by atoms with Gasteiger partial charge in [0, 0.05) is 11.6 Å². The number of hydrogen-bond acceptors (Lipinski definition) is 5. The van der Waals surface area contributed by atoms with E-state index in [2.05, 4.69) is 25.6 Å². The number of nitrogens with zero attached hydrogens (tertiary/aromatic N) is 3. The molecule has 3 aromatic heterocycles. The molecule has 0 atom stereocenters. The molecule has 7 heteroatoms. The van der Waals surface area contributed by atoms with Gasteiger partial charge in [-0.1, -0.05) is 12.1 Å². The number of hydrogen-bond donors (Lipinski definition) is 2. The minimum Gasteiger partial charge on any atom is -0.450 e. The number of fused-ring (bicyclic) bond motifs is 3. The molecule has 0 aliphatic rings. The zero-order valence-electron chi connectivity index (χ0n) is 9.54. The van der Waals surface area contributed by atoms with Crippen molar-refractivity contribution in [2.75, 3.05) is 0 Å². The van der Waals surface area contributed by atoms with Crippen molar-refractivity contribution < 1.29 is 4.42 Å². The summed E-state index contributed by atoms with van der Waals surface area (Å²) < 4.78 is 5.59. The minimum atomic E-state index is -0.258. The van der Waals surface area contributed by atoms with E-state index in [1.165, 1.54) is 0 Å². The fourth-order valence-corrected chi connectivity index (χ4v) is 2.12. The third-order valence-electron chi connectivity index (χ3n) is 2.99. The fourth-order valence-electron chi connectivity index (χ4n) is 2.12. The average molecular weight is 253 g/mol. The summed E-state index contributed by atoms with van der Waals surface area (Å²) in [5.74, 6) is 0.239. The van der Waals surface area contributed by atoms with Crippen LogP contribution in [0.25, 0.3) is 33.5 Å². The lowest BCUT2D eigenvalue weighted by molar-refractivity contribution is 0.665.